The zero-order valence-electron chi connectivity index (χ0n) is 13.3. The van der Waals surface area contributed by atoms with Crippen LogP contribution in [0.2, 0.25) is 0 Å². The van der Waals surface area contributed by atoms with E-state index in [2.05, 4.69) is 11.0 Å². The number of hydrogen-bond donors (Lipinski definition) is 1. The van der Waals surface area contributed by atoms with Gasteiger partial charge in [0.2, 0.25) is 6.79 Å². The van der Waals surface area contributed by atoms with Gasteiger partial charge in [0.1, 0.15) is 5.82 Å². The molecule has 2 aliphatic heterocycles. The first-order valence-corrected chi connectivity index (χ1v) is 8.28. The van der Waals surface area contributed by atoms with E-state index in [4.69, 9.17) is 9.47 Å². The molecule has 2 aromatic rings. The molecule has 2 atom stereocenters. The maximum Gasteiger partial charge on any atom is 0.231 e. The Morgan fingerprint density at radius 3 is 2.75 bits per heavy atom. The predicted molar refractivity (Wildman–Crippen MR) is 87.5 cm³/mol. The van der Waals surface area contributed by atoms with Crippen LogP contribution in [0.3, 0.4) is 0 Å². The van der Waals surface area contributed by atoms with Crippen molar-refractivity contribution in [2.24, 2.45) is 0 Å². The third kappa shape index (κ3) is 2.97. The topological polar surface area (TPSA) is 41.9 Å². The third-order valence-corrected chi connectivity index (χ3v) is 4.81. The number of benzene rings is 2. The molecular weight excluding hydrogens is 309 g/mol. The zero-order valence-corrected chi connectivity index (χ0v) is 13.3. The van der Waals surface area contributed by atoms with Gasteiger partial charge in [-0.1, -0.05) is 18.2 Å². The van der Waals surface area contributed by atoms with Gasteiger partial charge in [0.25, 0.3) is 0 Å². The first-order chi connectivity index (χ1) is 11.7. The van der Waals surface area contributed by atoms with E-state index in [-0.39, 0.29) is 18.7 Å². The van der Waals surface area contributed by atoms with Gasteiger partial charge in [0, 0.05) is 12.6 Å². The minimum Gasteiger partial charge on any atom is -0.454 e. The van der Waals surface area contributed by atoms with Gasteiger partial charge in [0.15, 0.2) is 11.5 Å². The SMILES string of the molecule is OC(CN1CCCC1c1ccc2c(c1)OCO2)c1ccc(F)cc1. The fourth-order valence-electron chi connectivity index (χ4n) is 3.56. The van der Waals surface area contributed by atoms with E-state index >= 15 is 0 Å². The summed E-state index contributed by atoms with van der Waals surface area (Å²) in [5.74, 6) is 1.29. The van der Waals surface area contributed by atoms with Crippen LogP contribution in [-0.4, -0.2) is 29.9 Å². The van der Waals surface area contributed by atoms with Crippen LogP contribution in [0.1, 0.15) is 36.1 Å². The summed E-state index contributed by atoms with van der Waals surface area (Å²) in [6.45, 7) is 1.75. The molecule has 2 aliphatic rings. The first kappa shape index (κ1) is 15.4. The molecule has 1 saturated heterocycles. The lowest BCUT2D eigenvalue weighted by atomic mass is 10.0. The normalized spacial score (nSPS) is 21.2. The number of nitrogens with zero attached hydrogens (tertiary/aromatic N) is 1. The summed E-state index contributed by atoms with van der Waals surface area (Å²) in [6.07, 6.45) is 1.52. The standard InChI is InChI=1S/C19H20FNO3/c20-15-6-3-13(4-7-15)17(22)11-21-9-1-2-16(21)14-5-8-18-19(10-14)24-12-23-18/h3-8,10,16-17,22H,1-2,9,11-12H2. The van der Waals surface area contributed by atoms with Crippen molar-refractivity contribution >= 4 is 0 Å². The average Bonchev–Trinajstić information content (AvgIpc) is 3.23. The highest BCUT2D eigenvalue weighted by Gasteiger charge is 2.29. The van der Waals surface area contributed by atoms with Crippen LogP contribution in [0.4, 0.5) is 4.39 Å². The average molecular weight is 329 g/mol. The van der Waals surface area contributed by atoms with Crippen molar-refractivity contribution in [2.45, 2.75) is 25.0 Å². The Kier molecular flexibility index (Phi) is 4.12. The van der Waals surface area contributed by atoms with E-state index in [9.17, 15) is 9.50 Å². The molecule has 0 spiro atoms. The lowest BCUT2D eigenvalue weighted by Gasteiger charge is -2.27. The molecular formula is C19H20FNO3. The van der Waals surface area contributed by atoms with Crippen molar-refractivity contribution in [3.63, 3.8) is 0 Å². The van der Waals surface area contributed by atoms with Crippen LogP contribution in [0.15, 0.2) is 42.5 Å². The molecule has 2 unspecified atom stereocenters. The second kappa shape index (κ2) is 6.42. The molecule has 2 heterocycles. The molecule has 0 amide bonds. The van der Waals surface area contributed by atoms with E-state index in [0.717, 1.165) is 36.4 Å². The van der Waals surface area contributed by atoms with E-state index < -0.39 is 6.10 Å². The number of ether oxygens (including phenoxy) is 2. The number of fused-ring (bicyclic) bond motifs is 1. The van der Waals surface area contributed by atoms with E-state index in [0.29, 0.717) is 6.54 Å². The maximum atomic E-state index is 13.0. The fraction of sp³-hybridized carbons (Fsp3) is 0.368. The van der Waals surface area contributed by atoms with Gasteiger partial charge in [-0.2, -0.15) is 0 Å². The number of halogens is 1. The van der Waals surface area contributed by atoms with E-state index in [1.807, 2.05) is 12.1 Å². The number of likely N-dealkylation sites (tertiary alicyclic amines) is 1. The van der Waals surface area contributed by atoms with Gasteiger partial charge in [-0.3, -0.25) is 4.90 Å². The molecule has 24 heavy (non-hydrogen) atoms. The molecule has 4 nitrogen and oxygen atoms in total. The van der Waals surface area contributed by atoms with E-state index in [1.165, 1.54) is 17.7 Å². The molecule has 0 radical (unpaired) electrons. The minimum absolute atomic E-state index is 0.259. The smallest absolute Gasteiger partial charge is 0.231 e. The Labute approximate surface area is 140 Å². The fourth-order valence-corrected chi connectivity index (χ4v) is 3.56. The number of aliphatic hydroxyl groups is 1. The largest absolute Gasteiger partial charge is 0.454 e. The van der Waals surface area contributed by atoms with Crippen LogP contribution in [0.5, 0.6) is 11.5 Å². The Hall–Kier alpha value is -2.11. The monoisotopic (exact) mass is 329 g/mol. The quantitative estimate of drug-likeness (QED) is 0.933. The van der Waals surface area contributed by atoms with Crippen molar-refractivity contribution in [1.29, 1.82) is 0 Å². The van der Waals surface area contributed by atoms with Crippen molar-refractivity contribution < 1.29 is 19.0 Å². The van der Waals surface area contributed by atoms with Gasteiger partial charge < -0.3 is 14.6 Å². The Bertz CT molecular complexity index is 719. The van der Waals surface area contributed by atoms with Crippen molar-refractivity contribution in [3.05, 3.63) is 59.4 Å². The highest BCUT2D eigenvalue weighted by Crippen LogP contribution is 2.39. The summed E-state index contributed by atoms with van der Waals surface area (Å²) in [6, 6.07) is 12.4. The van der Waals surface area contributed by atoms with E-state index in [1.54, 1.807) is 12.1 Å². The maximum absolute atomic E-state index is 13.0. The Morgan fingerprint density at radius 2 is 1.92 bits per heavy atom. The lowest BCUT2D eigenvalue weighted by Crippen LogP contribution is -2.28. The molecule has 0 bridgehead atoms. The van der Waals surface area contributed by atoms with Crippen LogP contribution in [0, 0.1) is 5.82 Å². The summed E-state index contributed by atoms with van der Waals surface area (Å²) in [4.78, 5) is 2.28. The second-order valence-electron chi connectivity index (χ2n) is 6.33. The summed E-state index contributed by atoms with van der Waals surface area (Å²) >= 11 is 0. The van der Waals surface area contributed by atoms with Gasteiger partial charge >= 0.3 is 0 Å². The Balaban J connectivity index is 1.49. The summed E-state index contributed by atoms with van der Waals surface area (Å²) < 4.78 is 23.9. The predicted octanol–water partition coefficient (Wildman–Crippen LogP) is 3.42. The molecule has 0 saturated carbocycles. The van der Waals surface area contributed by atoms with Gasteiger partial charge in [-0.25, -0.2) is 4.39 Å². The third-order valence-electron chi connectivity index (χ3n) is 4.81. The zero-order chi connectivity index (χ0) is 16.5. The van der Waals surface area contributed by atoms with Gasteiger partial charge in [0.05, 0.1) is 6.10 Å². The van der Waals surface area contributed by atoms with Gasteiger partial charge in [-0.05, 0) is 54.8 Å². The number of β-amino-alcohol motifs (C(OH)–C–C–N with tert-alkyl or cyclic N) is 1. The van der Waals surface area contributed by atoms with Crippen LogP contribution in [0.25, 0.3) is 0 Å². The lowest BCUT2D eigenvalue weighted by molar-refractivity contribution is 0.106. The highest BCUT2D eigenvalue weighted by molar-refractivity contribution is 5.45. The summed E-state index contributed by atoms with van der Waals surface area (Å²) in [5.41, 5.74) is 1.93. The minimum atomic E-state index is -0.625. The molecule has 2 aromatic carbocycles. The molecule has 126 valence electrons. The Morgan fingerprint density at radius 1 is 1.12 bits per heavy atom. The molecule has 1 N–H and O–H groups in total. The molecule has 4 rings (SSSR count). The summed E-state index contributed by atoms with van der Waals surface area (Å²) in [5, 5.41) is 10.5. The second-order valence-corrected chi connectivity index (χ2v) is 6.33. The highest BCUT2D eigenvalue weighted by atomic mass is 19.1. The van der Waals surface area contributed by atoms with Crippen molar-refractivity contribution in [3.8, 4) is 11.5 Å². The number of aliphatic hydroxyl groups excluding tert-OH is 1. The molecule has 1 fully saturated rings. The molecule has 0 aliphatic carbocycles. The summed E-state index contributed by atoms with van der Waals surface area (Å²) in [7, 11) is 0. The number of rotatable bonds is 4. The first-order valence-electron chi connectivity index (χ1n) is 8.28. The van der Waals surface area contributed by atoms with Crippen LogP contribution in [-0.2, 0) is 0 Å². The van der Waals surface area contributed by atoms with Gasteiger partial charge in [-0.15, -0.1) is 0 Å². The van der Waals surface area contributed by atoms with Crippen LogP contribution < -0.4 is 9.47 Å². The van der Waals surface area contributed by atoms with Crippen molar-refractivity contribution in [1.82, 2.24) is 4.90 Å². The molecule has 5 heteroatoms. The van der Waals surface area contributed by atoms with Crippen molar-refractivity contribution in [2.75, 3.05) is 19.9 Å². The number of hydrogen-bond acceptors (Lipinski definition) is 4. The van der Waals surface area contributed by atoms with Crippen LogP contribution >= 0.6 is 0 Å². The molecule has 0 aromatic heterocycles.